The van der Waals surface area contributed by atoms with Crippen LogP contribution in [0.2, 0.25) is 0 Å². The number of aryl methyl sites for hydroxylation is 1. The van der Waals surface area contributed by atoms with Crippen LogP contribution in [0.4, 0.5) is 0 Å². The highest BCUT2D eigenvalue weighted by Gasteiger charge is 2.25. The van der Waals surface area contributed by atoms with E-state index in [0.29, 0.717) is 12.6 Å². The summed E-state index contributed by atoms with van der Waals surface area (Å²) in [7, 11) is 0. The van der Waals surface area contributed by atoms with Gasteiger partial charge in [-0.15, -0.1) is 0 Å². The van der Waals surface area contributed by atoms with Crippen molar-refractivity contribution in [2.24, 2.45) is 5.41 Å². The van der Waals surface area contributed by atoms with Gasteiger partial charge in [0.15, 0.2) is 0 Å². The zero-order valence-corrected chi connectivity index (χ0v) is 15.1. The van der Waals surface area contributed by atoms with Crippen LogP contribution >= 0.6 is 0 Å². The summed E-state index contributed by atoms with van der Waals surface area (Å²) in [6.45, 7) is 19.4. The van der Waals surface area contributed by atoms with E-state index in [0.717, 1.165) is 12.3 Å². The second-order valence-corrected chi connectivity index (χ2v) is 8.04. The van der Waals surface area contributed by atoms with Gasteiger partial charge in [0.2, 0.25) is 0 Å². The minimum Gasteiger partial charge on any atom is -0.492 e. The molecule has 1 N–H and O–H groups in total. The molecule has 0 saturated heterocycles. The summed E-state index contributed by atoms with van der Waals surface area (Å²) in [5.74, 6) is 1.02. The SMILES string of the molecule is CCNC(COc1cc(C)ccc1C(C)(C)C)C(C)(C)C. The van der Waals surface area contributed by atoms with Crippen LogP contribution in [0.1, 0.15) is 59.6 Å². The Hall–Kier alpha value is -1.02. The third-order valence-corrected chi connectivity index (χ3v) is 3.85. The molecule has 0 aliphatic carbocycles. The molecular weight excluding hydrogens is 258 g/mol. The number of nitrogens with one attached hydrogen (secondary N) is 1. The summed E-state index contributed by atoms with van der Waals surface area (Å²) >= 11 is 0. The zero-order valence-electron chi connectivity index (χ0n) is 15.1. The van der Waals surface area contributed by atoms with Gasteiger partial charge in [-0.05, 0) is 41.5 Å². The number of hydrogen-bond acceptors (Lipinski definition) is 2. The molecule has 0 aromatic heterocycles. The largest absolute Gasteiger partial charge is 0.492 e. The Morgan fingerprint density at radius 3 is 2.19 bits per heavy atom. The average Bonchev–Trinajstić information content (AvgIpc) is 2.31. The van der Waals surface area contributed by atoms with Crippen molar-refractivity contribution in [1.82, 2.24) is 5.32 Å². The van der Waals surface area contributed by atoms with Gasteiger partial charge in [-0.3, -0.25) is 0 Å². The van der Waals surface area contributed by atoms with Gasteiger partial charge in [-0.2, -0.15) is 0 Å². The Morgan fingerprint density at radius 1 is 1.10 bits per heavy atom. The van der Waals surface area contributed by atoms with E-state index in [1.54, 1.807) is 0 Å². The first-order valence-corrected chi connectivity index (χ1v) is 8.03. The molecular formula is C19H33NO. The van der Waals surface area contributed by atoms with Crippen LogP contribution in [-0.2, 0) is 5.41 Å². The Morgan fingerprint density at radius 2 is 1.71 bits per heavy atom. The van der Waals surface area contributed by atoms with Gasteiger partial charge < -0.3 is 10.1 Å². The van der Waals surface area contributed by atoms with Crippen molar-refractivity contribution in [1.29, 1.82) is 0 Å². The van der Waals surface area contributed by atoms with Crippen molar-refractivity contribution in [2.75, 3.05) is 13.2 Å². The highest BCUT2D eigenvalue weighted by atomic mass is 16.5. The maximum absolute atomic E-state index is 6.22. The lowest BCUT2D eigenvalue weighted by molar-refractivity contribution is 0.174. The van der Waals surface area contributed by atoms with Gasteiger partial charge in [0, 0.05) is 6.04 Å². The molecule has 0 aliphatic rings. The minimum atomic E-state index is 0.0957. The van der Waals surface area contributed by atoms with Crippen LogP contribution in [0.25, 0.3) is 0 Å². The van der Waals surface area contributed by atoms with E-state index in [4.69, 9.17) is 4.74 Å². The molecule has 0 saturated carbocycles. The molecule has 2 heteroatoms. The predicted octanol–water partition coefficient (Wildman–Crippen LogP) is 4.70. The van der Waals surface area contributed by atoms with E-state index in [-0.39, 0.29) is 10.8 Å². The van der Waals surface area contributed by atoms with Crippen LogP contribution in [-0.4, -0.2) is 19.2 Å². The number of likely N-dealkylation sites (N-methyl/N-ethyl adjacent to an activating group) is 1. The van der Waals surface area contributed by atoms with Gasteiger partial charge in [0.25, 0.3) is 0 Å². The van der Waals surface area contributed by atoms with E-state index >= 15 is 0 Å². The van der Waals surface area contributed by atoms with Gasteiger partial charge in [-0.25, -0.2) is 0 Å². The number of benzene rings is 1. The maximum atomic E-state index is 6.22. The summed E-state index contributed by atoms with van der Waals surface area (Å²) in [5, 5.41) is 3.54. The summed E-state index contributed by atoms with van der Waals surface area (Å²) in [4.78, 5) is 0. The molecule has 0 fully saturated rings. The van der Waals surface area contributed by atoms with Gasteiger partial charge in [0.1, 0.15) is 12.4 Å². The number of hydrogen-bond donors (Lipinski definition) is 1. The number of ether oxygens (including phenoxy) is 1. The lowest BCUT2D eigenvalue weighted by Crippen LogP contribution is -2.44. The molecule has 0 aliphatic heterocycles. The van der Waals surface area contributed by atoms with E-state index in [1.807, 2.05) is 0 Å². The Kier molecular flexibility index (Phi) is 5.86. The Bertz CT molecular complexity index is 452. The molecule has 21 heavy (non-hydrogen) atoms. The van der Waals surface area contributed by atoms with Crippen molar-refractivity contribution >= 4 is 0 Å². The third kappa shape index (κ3) is 5.35. The zero-order chi connectivity index (χ0) is 16.3. The molecule has 0 radical (unpaired) electrons. The van der Waals surface area contributed by atoms with E-state index in [2.05, 4.69) is 78.9 Å². The Balaban J connectivity index is 2.94. The summed E-state index contributed by atoms with van der Waals surface area (Å²) in [6.07, 6.45) is 0. The van der Waals surface area contributed by atoms with Crippen LogP contribution < -0.4 is 10.1 Å². The fourth-order valence-corrected chi connectivity index (χ4v) is 2.40. The fraction of sp³-hybridized carbons (Fsp3) is 0.684. The van der Waals surface area contributed by atoms with E-state index in [9.17, 15) is 0 Å². The molecule has 1 aromatic rings. The molecule has 1 rings (SSSR count). The quantitative estimate of drug-likeness (QED) is 0.849. The molecule has 120 valence electrons. The second-order valence-electron chi connectivity index (χ2n) is 8.04. The first-order valence-electron chi connectivity index (χ1n) is 8.03. The van der Waals surface area contributed by atoms with Crippen molar-refractivity contribution in [3.05, 3.63) is 29.3 Å². The van der Waals surface area contributed by atoms with Crippen LogP contribution in [0.3, 0.4) is 0 Å². The third-order valence-electron chi connectivity index (χ3n) is 3.85. The first-order chi connectivity index (χ1) is 9.55. The maximum Gasteiger partial charge on any atom is 0.123 e. The molecule has 0 heterocycles. The van der Waals surface area contributed by atoms with E-state index in [1.165, 1.54) is 11.1 Å². The molecule has 0 bridgehead atoms. The highest BCUT2D eigenvalue weighted by Crippen LogP contribution is 2.32. The van der Waals surface area contributed by atoms with Crippen molar-refractivity contribution in [3.63, 3.8) is 0 Å². The van der Waals surface area contributed by atoms with Gasteiger partial charge in [-0.1, -0.05) is 60.6 Å². The predicted molar refractivity (Wildman–Crippen MR) is 92.3 cm³/mol. The Labute approximate surface area is 131 Å². The van der Waals surface area contributed by atoms with Crippen LogP contribution in [0.15, 0.2) is 18.2 Å². The monoisotopic (exact) mass is 291 g/mol. The summed E-state index contributed by atoms with van der Waals surface area (Å²) < 4.78 is 6.22. The van der Waals surface area contributed by atoms with Crippen molar-refractivity contribution < 1.29 is 4.74 Å². The fourth-order valence-electron chi connectivity index (χ4n) is 2.40. The minimum absolute atomic E-state index is 0.0957. The highest BCUT2D eigenvalue weighted by molar-refractivity contribution is 5.41. The molecule has 0 spiro atoms. The average molecular weight is 291 g/mol. The second kappa shape index (κ2) is 6.83. The first kappa shape index (κ1) is 18.0. The lowest BCUT2D eigenvalue weighted by Gasteiger charge is -2.32. The normalized spacial score (nSPS) is 14.1. The van der Waals surface area contributed by atoms with Crippen LogP contribution in [0, 0.1) is 12.3 Å². The lowest BCUT2D eigenvalue weighted by atomic mass is 9.85. The molecule has 2 nitrogen and oxygen atoms in total. The summed E-state index contributed by atoms with van der Waals surface area (Å²) in [5.41, 5.74) is 2.80. The molecule has 1 aromatic carbocycles. The van der Waals surface area contributed by atoms with Crippen molar-refractivity contribution in [2.45, 2.75) is 66.8 Å². The van der Waals surface area contributed by atoms with Crippen molar-refractivity contribution in [3.8, 4) is 5.75 Å². The van der Waals surface area contributed by atoms with Gasteiger partial charge >= 0.3 is 0 Å². The topological polar surface area (TPSA) is 21.3 Å². The van der Waals surface area contributed by atoms with Crippen LogP contribution in [0.5, 0.6) is 5.75 Å². The molecule has 0 amide bonds. The van der Waals surface area contributed by atoms with Gasteiger partial charge in [0.05, 0.1) is 0 Å². The summed E-state index contributed by atoms with van der Waals surface area (Å²) in [6, 6.07) is 6.87. The molecule has 1 unspecified atom stereocenters. The standard InChI is InChI=1S/C19H33NO/c1-9-20-17(19(6,7)8)13-21-16-12-14(2)10-11-15(16)18(3,4)5/h10-12,17,20H,9,13H2,1-8H3. The smallest absolute Gasteiger partial charge is 0.123 e. The van der Waals surface area contributed by atoms with E-state index < -0.39 is 0 Å². The number of rotatable bonds is 5. The molecule has 1 atom stereocenters.